The summed E-state index contributed by atoms with van der Waals surface area (Å²) in [5.74, 6) is -0.0879. The lowest BCUT2D eigenvalue weighted by Crippen LogP contribution is -2.31. The number of nitrogens with one attached hydrogen (secondary N) is 1. The minimum Gasteiger partial charge on any atom is -0.392 e. The van der Waals surface area contributed by atoms with Gasteiger partial charge in [-0.3, -0.25) is 4.79 Å². The van der Waals surface area contributed by atoms with Gasteiger partial charge in [0.25, 0.3) is 5.91 Å². The minimum atomic E-state index is -0.519. The SMILES string of the molecule is Cc1ccc(SC2CCCC2)c(C(=O)NCC(C)O)c1. The quantitative estimate of drug-likeness (QED) is 0.877. The largest absolute Gasteiger partial charge is 0.392 e. The fourth-order valence-corrected chi connectivity index (χ4v) is 3.80. The molecule has 0 saturated heterocycles. The molecule has 1 saturated carbocycles. The maximum Gasteiger partial charge on any atom is 0.252 e. The molecule has 110 valence electrons. The zero-order chi connectivity index (χ0) is 14.5. The van der Waals surface area contributed by atoms with Gasteiger partial charge < -0.3 is 10.4 Å². The number of hydrogen-bond donors (Lipinski definition) is 2. The average Bonchev–Trinajstić information content (AvgIpc) is 2.91. The highest BCUT2D eigenvalue weighted by Crippen LogP contribution is 2.36. The summed E-state index contributed by atoms with van der Waals surface area (Å²) in [7, 11) is 0. The predicted octanol–water partition coefficient (Wildman–Crippen LogP) is 3.14. The summed E-state index contributed by atoms with van der Waals surface area (Å²) in [4.78, 5) is 13.3. The van der Waals surface area contributed by atoms with Crippen molar-refractivity contribution >= 4 is 17.7 Å². The minimum absolute atomic E-state index is 0.0879. The van der Waals surface area contributed by atoms with Gasteiger partial charge in [-0.2, -0.15) is 0 Å². The van der Waals surface area contributed by atoms with E-state index in [1.807, 2.05) is 24.8 Å². The van der Waals surface area contributed by atoms with Crippen LogP contribution in [0.4, 0.5) is 0 Å². The monoisotopic (exact) mass is 293 g/mol. The van der Waals surface area contributed by atoms with E-state index in [1.54, 1.807) is 6.92 Å². The molecule has 1 aliphatic rings. The molecule has 0 bridgehead atoms. The third kappa shape index (κ3) is 4.25. The van der Waals surface area contributed by atoms with Crippen molar-refractivity contribution in [1.82, 2.24) is 5.32 Å². The summed E-state index contributed by atoms with van der Waals surface area (Å²) in [6.45, 7) is 3.96. The van der Waals surface area contributed by atoms with Crippen molar-refractivity contribution in [3.8, 4) is 0 Å². The zero-order valence-corrected chi connectivity index (χ0v) is 13.0. The molecule has 0 spiro atoms. The molecule has 1 aromatic rings. The third-order valence-electron chi connectivity index (χ3n) is 3.53. The standard InChI is InChI=1S/C16H23NO2S/c1-11-7-8-15(20-13-5-3-4-6-13)14(9-11)16(19)17-10-12(2)18/h7-9,12-13,18H,3-6,10H2,1-2H3,(H,17,19). The summed E-state index contributed by atoms with van der Waals surface area (Å²) < 4.78 is 0. The molecule has 1 aromatic carbocycles. The number of carbonyl (C=O) groups excluding carboxylic acids is 1. The van der Waals surface area contributed by atoms with E-state index in [2.05, 4.69) is 17.4 Å². The lowest BCUT2D eigenvalue weighted by atomic mass is 10.1. The highest BCUT2D eigenvalue weighted by Gasteiger charge is 2.20. The van der Waals surface area contributed by atoms with E-state index in [4.69, 9.17) is 0 Å². The molecule has 2 N–H and O–H groups in total. The van der Waals surface area contributed by atoms with E-state index >= 15 is 0 Å². The van der Waals surface area contributed by atoms with Crippen LogP contribution in [0.2, 0.25) is 0 Å². The van der Waals surface area contributed by atoms with Gasteiger partial charge in [-0.25, -0.2) is 0 Å². The Balaban J connectivity index is 2.12. The molecule has 1 unspecified atom stereocenters. The van der Waals surface area contributed by atoms with Crippen LogP contribution in [0, 0.1) is 6.92 Å². The Labute approximate surface area is 125 Å². The first-order valence-electron chi connectivity index (χ1n) is 7.30. The van der Waals surface area contributed by atoms with Gasteiger partial charge >= 0.3 is 0 Å². The summed E-state index contributed by atoms with van der Waals surface area (Å²) in [6.07, 6.45) is 4.57. The molecular weight excluding hydrogens is 270 g/mol. The lowest BCUT2D eigenvalue weighted by Gasteiger charge is -2.14. The molecule has 2 rings (SSSR count). The maximum absolute atomic E-state index is 12.3. The molecule has 20 heavy (non-hydrogen) atoms. The van der Waals surface area contributed by atoms with Crippen LogP contribution < -0.4 is 5.32 Å². The number of thioether (sulfide) groups is 1. The molecule has 0 aromatic heterocycles. The van der Waals surface area contributed by atoms with Crippen LogP contribution in [-0.4, -0.2) is 28.9 Å². The number of aliphatic hydroxyl groups is 1. The Bertz CT molecular complexity index is 468. The number of aryl methyl sites for hydroxylation is 1. The average molecular weight is 293 g/mol. The fraction of sp³-hybridized carbons (Fsp3) is 0.562. The zero-order valence-electron chi connectivity index (χ0n) is 12.2. The Morgan fingerprint density at radius 1 is 1.45 bits per heavy atom. The number of hydrogen-bond acceptors (Lipinski definition) is 3. The summed E-state index contributed by atoms with van der Waals surface area (Å²) in [6, 6.07) is 6.05. The van der Waals surface area contributed by atoms with Crippen molar-refractivity contribution in [2.45, 2.75) is 55.8 Å². The van der Waals surface area contributed by atoms with Crippen LogP contribution in [0.1, 0.15) is 48.5 Å². The maximum atomic E-state index is 12.3. The molecule has 0 radical (unpaired) electrons. The first kappa shape index (κ1) is 15.4. The van der Waals surface area contributed by atoms with Gasteiger partial charge in [0.15, 0.2) is 0 Å². The van der Waals surface area contributed by atoms with Crippen molar-refractivity contribution in [1.29, 1.82) is 0 Å². The normalized spacial score (nSPS) is 17.1. The van der Waals surface area contributed by atoms with E-state index in [0.29, 0.717) is 11.8 Å². The molecule has 1 amide bonds. The molecule has 3 nitrogen and oxygen atoms in total. The van der Waals surface area contributed by atoms with Crippen LogP contribution >= 0.6 is 11.8 Å². The van der Waals surface area contributed by atoms with Crippen molar-refractivity contribution in [3.63, 3.8) is 0 Å². The van der Waals surface area contributed by atoms with E-state index in [-0.39, 0.29) is 5.91 Å². The second-order valence-corrected chi connectivity index (χ2v) is 6.93. The fourth-order valence-electron chi connectivity index (χ4n) is 2.45. The number of amides is 1. The summed E-state index contributed by atoms with van der Waals surface area (Å²) in [5, 5.41) is 12.7. The summed E-state index contributed by atoms with van der Waals surface area (Å²) >= 11 is 1.83. The van der Waals surface area contributed by atoms with Crippen LogP contribution in [0.15, 0.2) is 23.1 Å². The van der Waals surface area contributed by atoms with Gasteiger partial charge in [0.1, 0.15) is 0 Å². The van der Waals surface area contributed by atoms with Gasteiger partial charge in [0.05, 0.1) is 11.7 Å². The summed E-state index contributed by atoms with van der Waals surface area (Å²) in [5.41, 5.74) is 1.82. The van der Waals surface area contributed by atoms with Gasteiger partial charge in [-0.15, -0.1) is 11.8 Å². The second-order valence-electron chi connectivity index (χ2n) is 5.58. The van der Waals surface area contributed by atoms with Gasteiger partial charge in [0.2, 0.25) is 0 Å². The highest BCUT2D eigenvalue weighted by atomic mass is 32.2. The number of carbonyl (C=O) groups is 1. The van der Waals surface area contributed by atoms with Crippen LogP contribution in [0.25, 0.3) is 0 Å². The number of rotatable bonds is 5. The molecule has 0 heterocycles. The Hall–Kier alpha value is -1.00. The van der Waals surface area contributed by atoms with E-state index in [9.17, 15) is 9.90 Å². The van der Waals surface area contributed by atoms with Crippen molar-refractivity contribution in [2.75, 3.05) is 6.54 Å². The van der Waals surface area contributed by atoms with Gasteiger partial charge in [0, 0.05) is 16.7 Å². The van der Waals surface area contributed by atoms with Gasteiger partial charge in [-0.1, -0.05) is 24.5 Å². The smallest absolute Gasteiger partial charge is 0.252 e. The first-order valence-corrected chi connectivity index (χ1v) is 8.18. The molecule has 0 aliphatic heterocycles. The first-order chi connectivity index (χ1) is 9.56. The Morgan fingerprint density at radius 2 is 2.15 bits per heavy atom. The Morgan fingerprint density at radius 3 is 2.80 bits per heavy atom. The van der Waals surface area contributed by atoms with Crippen LogP contribution in [0.3, 0.4) is 0 Å². The lowest BCUT2D eigenvalue weighted by molar-refractivity contribution is 0.0921. The molecule has 1 aliphatic carbocycles. The Kier molecular flexibility index (Phi) is 5.49. The topological polar surface area (TPSA) is 49.3 Å². The van der Waals surface area contributed by atoms with E-state index in [0.717, 1.165) is 16.0 Å². The highest BCUT2D eigenvalue weighted by molar-refractivity contribution is 8.00. The second kappa shape index (κ2) is 7.14. The van der Waals surface area contributed by atoms with Crippen LogP contribution in [0.5, 0.6) is 0 Å². The van der Waals surface area contributed by atoms with Crippen molar-refractivity contribution in [3.05, 3.63) is 29.3 Å². The van der Waals surface area contributed by atoms with E-state index in [1.165, 1.54) is 25.7 Å². The molecular formula is C16H23NO2S. The number of benzene rings is 1. The predicted molar refractivity (Wildman–Crippen MR) is 83.3 cm³/mol. The van der Waals surface area contributed by atoms with Gasteiger partial charge in [-0.05, 0) is 38.8 Å². The van der Waals surface area contributed by atoms with Crippen LogP contribution in [-0.2, 0) is 0 Å². The van der Waals surface area contributed by atoms with Crippen molar-refractivity contribution in [2.24, 2.45) is 0 Å². The third-order valence-corrected chi connectivity index (χ3v) is 4.95. The molecule has 1 fully saturated rings. The van der Waals surface area contributed by atoms with Crippen molar-refractivity contribution < 1.29 is 9.90 Å². The number of aliphatic hydroxyl groups excluding tert-OH is 1. The molecule has 1 atom stereocenters. The molecule has 4 heteroatoms. The van der Waals surface area contributed by atoms with E-state index < -0.39 is 6.10 Å².